The topological polar surface area (TPSA) is 70.2 Å². The van der Waals surface area contributed by atoms with E-state index >= 15 is 0 Å². The molecule has 0 unspecified atom stereocenters. The molecule has 34 heavy (non-hydrogen) atoms. The largest absolute Gasteiger partial charge is 0.496 e. The number of nitrogens with zero attached hydrogens (tertiary/aromatic N) is 3. The molecule has 0 radical (unpaired) electrons. The van der Waals surface area contributed by atoms with E-state index in [4.69, 9.17) is 4.74 Å². The molecule has 8 heteroatoms. The third-order valence-electron chi connectivity index (χ3n) is 6.99. The van der Waals surface area contributed by atoms with Crippen LogP contribution in [0.2, 0.25) is 0 Å². The Morgan fingerprint density at radius 1 is 0.941 bits per heavy atom. The van der Waals surface area contributed by atoms with Crippen LogP contribution in [-0.4, -0.2) is 87.7 Å². The molecule has 0 atom stereocenters. The van der Waals surface area contributed by atoms with Gasteiger partial charge in [0.15, 0.2) is 9.84 Å². The molecule has 0 spiro atoms. The lowest BCUT2D eigenvalue weighted by molar-refractivity contribution is 0.0742. The maximum atomic E-state index is 13.1. The second kappa shape index (κ2) is 10.9. The van der Waals surface area contributed by atoms with E-state index in [0.717, 1.165) is 64.1 Å². The van der Waals surface area contributed by atoms with Gasteiger partial charge in [-0.3, -0.25) is 14.6 Å². The van der Waals surface area contributed by atoms with Gasteiger partial charge < -0.3 is 9.64 Å². The third kappa shape index (κ3) is 5.79. The minimum Gasteiger partial charge on any atom is -0.496 e. The van der Waals surface area contributed by atoms with Gasteiger partial charge in [-0.2, -0.15) is 0 Å². The molecule has 0 aromatic heterocycles. The molecule has 184 valence electrons. The van der Waals surface area contributed by atoms with E-state index in [9.17, 15) is 13.2 Å². The quantitative estimate of drug-likeness (QED) is 0.627. The lowest BCUT2D eigenvalue weighted by atomic mass is 10.0. The number of piperidine rings is 1. The fourth-order valence-electron chi connectivity index (χ4n) is 5.18. The molecule has 2 aliphatic heterocycles. The van der Waals surface area contributed by atoms with Crippen LogP contribution in [0.15, 0.2) is 53.4 Å². The maximum Gasteiger partial charge on any atom is 0.257 e. The van der Waals surface area contributed by atoms with Crippen molar-refractivity contribution in [2.24, 2.45) is 0 Å². The van der Waals surface area contributed by atoms with E-state index in [1.165, 1.54) is 6.26 Å². The number of likely N-dealkylation sites (tertiary alicyclic amines) is 1. The molecule has 2 saturated heterocycles. The molecule has 2 aliphatic rings. The summed E-state index contributed by atoms with van der Waals surface area (Å²) >= 11 is 0. The van der Waals surface area contributed by atoms with Gasteiger partial charge in [0.1, 0.15) is 5.75 Å². The van der Waals surface area contributed by atoms with E-state index < -0.39 is 9.84 Å². The second-order valence-corrected chi connectivity index (χ2v) is 11.3. The number of carbonyl (C=O) groups excluding carboxylic acids is 1. The van der Waals surface area contributed by atoms with E-state index in [1.807, 2.05) is 41.3 Å². The van der Waals surface area contributed by atoms with Crippen molar-refractivity contribution in [3.05, 3.63) is 59.7 Å². The third-order valence-corrected chi connectivity index (χ3v) is 8.19. The number of hydrogen-bond donors (Lipinski definition) is 0. The van der Waals surface area contributed by atoms with Crippen molar-refractivity contribution in [3.63, 3.8) is 0 Å². The summed E-state index contributed by atoms with van der Waals surface area (Å²) in [4.78, 5) is 20.4. The summed E-state index contributed by atoms with van der Waals surface area (Å²) in [6.07, 6.45) is 4.35. The maximum absolute atomic E-state index is 13.1. The van der Waals surface area contributed by atoms with E-state index in [-0.39, 0.29) is 5.91 Å². The molecule has 2 aromatic rings. The number of hydrogen-bond acceptors (Lipinski definition) is 6. The summed E-state index contributed by atoms with van der Waals surface area (Å²) in [5, 5.41) is 0. The van der Waals surface area contributed by atoms with Crippen LogP contribution >= 0.6 is 0 Å². The normalized spacial score (nSPS) is 19.1. The van der Waals surface area contributed by atoms with Gasteiger partial charge in [0.25, 0.3) is 5.91 Å². The highest BCUT2D eigenvalue weighted by atomic mass is 32.2. The second-order valence-electron chi connectivity index (χ2n) is 9.27. The monoisotopic (exact) mass is 485 g/mol. The van der Waals surface area contributed by atoms with Gasteiger partial charge >= 0.3 is 0 Å². The number of ether oxygens (including phenoxy) is 1. The number of rotatable bonds is 6. The number of methoxy groups -OCH3 is 1. The minimum atomic E-state index is -3.23. The highest BCUT2D eigenvalue weighted by molar-refractivity contribution is 7.90. The SMILES string of the molecule is COc1ccccc1C(=O)N1CCCN(C2CCN(Cc3ccccc3S(C)(=O)=O)CC2)CC1. The van der Waals surface area contributed by atoms with Crippen LogP contribution in [0.3, 0.4) is 0 Å². The minimum absolute atomic E-state index is 0.0404. The molecule has 0 N–H and O–H groups in total. The van der Waals surface area contributed by atoms with E-state index in [1.54, 1.807) is 19.2 Å². The first-order valence-corrected chi connectivity index (χ1v) is 13.9. The first-order valence-electron chi connectivity index (χ1n) is 12.0. The van der Waals surface area contributed by atoms with Crippen molar-refractivity contribution < 1.29 is 17.9 Å². The van der Waals surface area contributed by atoms with Crippen molar-refractivity contribution in [1.29, 1.82) is 0 Å². The molecule has 0 bridgehead atoms. The standard InChI is InChI=1S/C26H35N3O4S/c1-33-24-10-5-4-9-23(24)26(30)29-15-7-14-28(18-19-29)22-12-16-27(17-13-22)20-21-8-3-6-11-25(21)34(2,31)32/h3-6,8-11,22H,7,12-20H2,1-2H3. The molecule has 2 fully saturated rings. The molecule has 2 heterocycles. The van der Waals surface area contributed by atoms with Gasteiger partial charge in [0, 0.05) is 45.0 Å². The number of amides is 1. The van der Waals surface area contributed by atoms with Gasteiger partial charge in [-0.1, -0.05) is 30.3 Å². The van der Waals surface area contributed by atoms with Crippen molar-refractivity contribution >= 4 is 15.7 Å². The first-order chi connectivity index (χ1) is 16.4. The van der Waals surface area contributed by atoms with Crippen molar-refractivity contribution in [3.8, 4) is 5.75 Å². The molecule has 0 saturated carbocycles. The highest BCUT2D eigenvalue weighted by Gasteiger charge is 2.29. The van der Waals surface area contributed by atoms with E-state index in [0.29, 0.717) is 28.8 Å². The number of carbonyl (C=O) groups is 1. The summed E-state index contributed by atoms with van der Waals surface area (Å²) < 4.78 is 29.6. The van der Waals surface area contributed by atoms with Crippen LogP contribution in [-0.2, 0) is 16.4 Å². The Morgan fingerprint density at radius 3 is 2.38 bits per heavy atom. The number of sulfone groups is 1. The van der Waals surface area contributed by atoms with Gasteiger partial charge in [-0.15, -0.1) is 0 Å². The van der Waals surface area contributed by atoms with Gasteiger partial charge in [-0.05, 0) is 56.1 Å². The zero-order chi connectivity index (χ0) is 24.1. The Balaban J connectivity index is 1.31. The Kier molecular flexibility index (Phi) is 7.91. The number of benzene rings is 2. The fourth-order valence-corrected chi connectivity index (χ4v) is 6.11. The van der Waals surface area contributed by atoms with Crippen LogP contribution in [0, 0.1) is 0 Å². The molecule has 7 nitrogen and oxygen atoms in total. The summed E-state index contributed by atoms with van der Waals surface area (Å²) in [7, 11) is -1.63. The van der Waals surface area contributed by atoms with Crippen molar-refractivity contribution in [2.75, 3.05) is 52.6 Å². The first kappa shape index (κ1) is 24.7. The van der Waals surface area contributed by atoms with Gasteiger partial charge in [0.05, 0.1) is 17.6 Å². The summed E-state index contributed by atoms with van der Waals surface area (Å²) in [6, 6.07) is 15.2. The molecule has 2 aromatic carbocycles. The van der Waals surface area contributed by atoms with Gasteiger partial charge in [0.2, 0.25) is 0 Å². The van der Waals surface area contributed by atoms with Crippen LogP contribution in [0.1, 0.15) is 35.2 Å². The molecule has 0 aliphatic carbocycles. The van der Waals surface area contributed by atoms with Crippen LogP contribution in [0.4, 0.5) is 0 Å². The average Bonchev–Trinajstić information content (AvgIpc) is 3.10. The Morgan fingerprint density at radius 2 is 1.65 bits per heavy atom. The van der Waals surface area contributed by atoms with E-state index in [2.05, 4.69) is 9.80 Å². The Bertz CT molecular complexity index is 1100. The Hall–Kier alpha value is -2.42. The zero-order valence-electron chi connectivity index (χ0n) is 20.2. The summed E-state index contributed by atoms with van der Waals surface area (Å²) in [5.41, 5.74) is 1.50. The number of para-hydroxylation sites is 1. The van der Waals surface area contributed by atoms with Crippen molar-refractivity contribution in [2.45, 2.75) is 36.7 Å². The molecular formula is C26H35N3O4S. The lowest BCUT2D eigenvalue weighted by Gasteiger charge is -2.38. The van der Waals surface area contributed by atoms with Crippen molar-refractivity contribution in [1.82, 2.24) is 14.7 Å². The highest BCUT2D eigenvalue weighted by Crippen LogP contribution is 2.24. The predicted octanol–water partition coefficient (Wildman–Crippen LogP) is 2.91. The lowest BCUT2D eigenvalue weighted by Crippen LogP contribution is -2.46. The molecule has 4 rings (SSSR count). The predicted molar refractivity (Wildman–Crippen MR) is 133 cm³/mol. The fraction of sp³-hybridized carbons (Fsp3) is 0.500. The smallest absolute Gasteiger partial charge is 0.257 e. The average molecular weight is 486 g/mol. The summed E-state index contributed by atoms with van der Waals surface area (Å²) in [6.45, 7) is 5.91. The van der Waals surface area contributed by atoms with Crippen LogP contribution < -0.4 is 4.74 Å². The molecule has 1 amide bonds. The van der Waals surface area contributed by atoms with Gasteiger partial charge in [-0.25, -0.2) is 8.42 Å². The Labute approximate surface area is 203 Å². The molecular weight excluding hydrogens is 450 g/mol. The zero-order valence-corrected chi connectivity index (χ0v) is 21.0. The van der Waals surface area contributed by atoms with Crippen LogP contribution in [0.25, 0.3) is 0 Å². The summed E-state index contributed by atoms with van der Waals surface area (Å²) in [5.74, 6) is 0.664. The van der Waals surface area contributed by atoms with Crippen LogP contribution in [0.5, 0.6) is 5.75 Å².